The van der Waals surface area contributed by atoms with E-state index in [0.29, 0.717) is 0 Å². The van der Waals surface area contributed by atoms with Gasteiger partial charge in [0.2, 0.25) is 6.79 Å². The lowest BCUT2D eigenvalue weighted by Crippen LogP contribution is -2.33. The molecule has 0 fully saturated rings. The Labute approximate surface area is 112 Å². The highest BCUT2D eigenvalue weighted by molar-refractivity contribution is 5.69. The van der Waals surface area contributed by atoms with Gasteiger partial charge in [-0.25, -0.2) is 0 Å². The fourth-order valence-corrected chi connectivity index (χ4v) is 2.25. The number of rotatable bonds is 6. The first kappa shape index (κ1) is 13.7. The van der Waals surface area contributed by atoms with Crippen LogP contribution in [-0.4, -0.2) is 35.9 Å². The maximum absolute atomic E-state index is 10.9. The number of aliphatic carboxylic acids is 1. The van der Waals surface area contributed by atoms with Gasteiger partial charge in [0.25, 0.3) is 0 Å². The van der Waals surface area contributed by atoms with E-state index in [9.17, 15) is 4.79 Å². The number of carbonyl (C=O) groups is 1. The Morgan fingerprint density at radius 3 is 2.84 bits per heavy atom. The molecule has 104 valence electrons. The van der Waals surface area contributed by atoms with Crippen molar-refractivity contribution in [2.24, 2.45) is 0 Å². The Bertz CT molecular complexity index is 461. The van der Waals surface area contributed by atoms with Gasteiger partial charge < -0.3 is 14.6 Å². The van der Waals surface area contributed by atoms with Gasteiger partial charge >= 0.3 is 5.97 Å². The van der Waals surface area contributed by atoms with Gasteiger partial charge in [0.15, 0.2) is 11.5 Å². The largest absolute Gasteiger partial charge is 0.480 e. The van der Waals surface area contributed by atoms with Crippen LogP contribution in [0.4, 0.5) is 0 Å². The summed E-state index contributed by atoms with van der Waals surface area (Å²) >= 11 is 0. The SMILES string of the molecule is CCCN(CC(=O)O)C(C)c1ccc2c(c1)OCO2. The monoisotopic (exact) mass is 265 g/mol. The Balaban J connectivity index is 2.16. The summed E-state index contributed by atoms with van der Waals surface area (Å²) in [6, 6.07) is 5.80. The van der Waals surface area contributed by atoms with Crippen LogP contribution in [0, 0.1) is 0 Å². The first-order chi connectivity index (χ1) is 9.11. The lowest BCUT2D eigenvalue weighted by atomic mass is 10.1. The Kier molecular flexibility index (Phi) is 4.27. The first-order valence-corrected chi connectivity index (χ1v) is 6.47. The van der Waals surface area contributed by atoms with Crippen LogP contribution < -0.4 is 9.47 Å². The highest BCUT2D eigenvalue weighted by Crippen LogP contribution is 2.35. The summed E-state index contributed by atoms with van der Waals surface area (Å²) in [5, 5.41) is 8.97. The third-order valence-corrected chi connectivity index (χ3v) is 3.28. The highest BCUT2D eigenvalue weighted by atomic mass is 16.7. The molecule has 0 bridgehead atoms. The molecule has 1 aromatic rings. The van der Waals surface area contributed by atoms with E-state index in [1.54, 1.807) is 0 Å². The fraction of sp³-hybridized carbons (Fsp3) is 0.500. The van der Waals surface area contributed by atoms with Crippen LogP contribution in [-0.2, 0) is 4.79 Å². The number of carboxylic acids is 1. The lowest BCUT2D eigenvalue weighted by molar-refractivity contribution is -0.138. The number of nitrogens with zero attached hydrogens (tertiary/aromatic N) is 1. The molecule has 0 aliphatic carbocycles. The van der Waals surface area contributed by atoms with E-state index in [2.05, 4.69) is 0 Å². The Morgan fingerprint density at radius 2 is 2.16 bits per heavy atom. The maximum atomic E-state index is 10.9. The second kappa shape index (κ2) is 5.93. The van der Waals surface area contributed by atoms with Gasteiger partial charge in [-0.3, -0.25) is 9.69 Å². The fourth-order valence-electron chi connectivity index (χ4n) is 2.25. The van der Waals surface area contributed by atoms with Gasteiger partial charge in [-0.2, -0.15) is 0 Å². The molecule has 19 heavy (non-hydrogen) atoms. The summed E-state index contributed by atoms with van der Waals surface area (Å²) in [7, 11) is 0. The van der Waals surface area contributed by atoms with Gasteiger partial charge in [0, 0.05) is 6.04 Å². The number of carboxylic acid groups (broad SMARTS) is 1. The number of hydrogen-bond acceptors (Lipinski definition) is 4. The van der Waals surface area contributed by atoms with Crippen molar-refractivity contribution in [2.45, 2.75) is 26.3 Å². The van der Waals surface area contributed by atoms with E-state index < -0.39 is 5.97 Å². The average molecular weight is 265 g/mol. The van der Waals surface area contributed by atoms with Gasteiger partial charge in [-0.15, -0.1) is 0 Å². The van der Waals surface area contributed by atoms with Crippen LogP contribution >= 0.6 is 0 Å². The molecule has 1 N–H and O–H groups in total. The van der Waals surface area contributed by atoms with Crippen LogP contribution in [0.3, 0.4) is 0 Å². The van der Waals surface area contributed by atoms with Crippen molar-refractivity contribution in [2.75, 3.05) is 19.9 Å². The molecule has 0 spiro atoms. The summed E-state index contributed by atoms with van der Waals surface area (Å²) in [6.07, 6.45) is 0.919. The minimum Gasteiger partial charge on any atom is -0.480 e. The summed E-state index contributed by atoms with van der Waals surface area (Å²) in [5.74, 6) is 0.674. The van der Waals surface area contributed by atoms with E-state index in [1.165, 1.54) is 0 Å². The molecule has 1 aromatic carbocycles. The molecule has 0 aromatic heterocycles. The molecule has 1 atom stereocenters. The molecule has 0 saturated carbocycles. The lowest BCUT2D eigenvalue weighted by Gasteiger charge is -2.27. The van der Waals surface area contributed by atoms with Crippen molar-refractivity contribution in [3.8, 4) is 11.5 Å². The molecular weight excluding hydrogens is 246 g/mol. The average Bonchev–Trinajstić information content (AvgIpc) is 2.84. The van der Waals surface area contributed by atoms with Crippen LogP contribution in [0.1, 0.15) is 31.9 Å². The predicted octanol–water partition coefficient (Wildman–Crippen LogP) is 2.27. The van der Waals surface area contributed by atoms with Crippen molar-refractivity contribution < 1.29 is 19.4 Å². The zero-order valence-corrected chi connectivity index (χ0v) is 11.3. The van der Waals surface area contributed by atoms with Crippen molar-refractivity contribution >= 4 is 5.97 Å². The number of ether oxygens (including phenoxy) is 2. The van der Waals surface area contributed by atoms with E-state index in [4.69, 9.17) is 14.6 Å². The second-order valence-electron chi connectivity index (χ2n) is 4.65. The standard InChI is InChI=1S/C14H19NO4/c1-3-6-15(8-14(16)17)10(2)11-4-5-12-13(7-11)19-9-18-12/h4-5,7,10H,3,6,8-9H2,1-2H3,(H,16,17). The summed E-state index contributed by atoms with van der Waals surface area (Å²) in [5.41, 5.74) is 1.04. The summed E-state index contributed by atoms with van der Waals surface area (Å²) < 4.78 is 10.6. The molecule has 0 radical (unpaired) electrons. The quantitative estimate of drug-likeness (QED) is 0.855. The molecule has 1 unspecified atom stereocenters. The third kappa shape index (κ3) is 3.17. The molecule has 1 aliphatic heterocycles. The molecule has 2 rings (SSSR count). The minimum absolute atomic E-state index is 0.0329. The molecule has 0 saturated heterocycles. The summed E-state index contributed by atoms with van der Waals surface area (Å²) in [6.45, 7) is 5.10. The molecule has 0 amide bonds. The van der Waals surface area contributed by atoms with Gasteiger partial charge in [0.1, 0.15) is 0 Å². The molecule has 1 aliphatic rings. The van der Waals surface area contributed by atoms with E-state index in [0.717, 1.165) is 30.0 Å². The zero-order valence-electron chi connectivity index (χ0n) is 11.3. The van der Waals surface area contributed by atoms with Crippen LogP contribution in [0.5, 0.6) is 11.5 Å². The van der Waals surface area contributed by atoms with Gasteiger partial charge in [-0.1, -0.05) is 13.0 Å². The number of fused-ring (bicyclic) bond motifs is 1. The van der Waals surface area contributed by atoms with Crippen molar-refractivity contribution in [1.29, 1.82) is 0 Å². The maximum Gasteiger partial charge on any atom is 0.317 e. The van der Waals surface area contributed by atoms with Gasteiger partial charge in [0.05, 0.1) is 6.54 Å². The van der Waals surface area contributed by atoms with Crippen molar-refractivity contribution in [3.05, 3.63) is 23.8 Å². The Hall–Kier alpha value is -1.75. The van der Waals surface area contributed by atoms with Crippen LogP contribution in [0.15, 0.2) is 18.2 Å². The van der Waals surface area contributed by atoms with E-state index in [-0.39, 0.29) is 19.4 Å². The van der Waals surface area contributed by atoms with E-state index in [1.807, 2.05) is 36.9 Å². The van der Waals surface area contributed by atoms with Crippen molar-refractivity contribution in [3.63, 3.8) is 0 Å². The van der Waals surface area contributed by atoms with Crippen LogP contribution in [0.25, 0.3) is 0 Å². The van der Waals surface area contributed by atoms with Crippen LogP contribution in [0.2, 0.25) is 0 Å². The predicted molar refractivity (Wildman–Crippen MR) is 70.5 cm³/mol. The molecule has 5 nitrogen and oxygen atoms in total. The normalized spacial score (nSPS) is 14.7. The highest BCUT2D eigenvalue weighted by Gasteiger charge is 2.20. The number of benzene rings is 1. The molecule has 1 heterocycles. The summed E-state index contributed by atoms with van der Waals surface area (Å²) in [4.78, 5) is 12.9. The topological polar surface area (TPSA) is 59.0 Å². The molecule has 5 heteroatoms. The van der Waals surface area contributed by atoms with Crippen molar-refractivity contribution in [1.82, 2.24) is 4.90 Å². The number of hydrogen-bond donors (Lipinski definition) is 1. The van der Waals surface area contributed by atoms with E-state index >= 15 is 0 Å². The smallest absolute Gasteiger partial charge is 0.317 e. The minimum atomic E-state index is -0.805. The van der Waals surface area contributed by atoms with Gasteiger partial charge in [-0.05, 0) is 37.6 Å². The molecular formula is C14H19NO4. The Morgan fingerprint density at radius 1 is 1.42 bits per heavy atom. The zero-order chi connectivity index (χ0) is 13.8. The first-order valence-electron chi connectivity index (χ1n) is 6.47. The third-order valence-electron chi connectivity index (χ3n) is 3.28. The second-order valence-corrected chi connectivity index (χ2v) is 4.65.